The van der Waals surface area contributed by atoms with E-state index in [9.17, 15) is 9.59 Å². The summed E-state index contributed by atoms with van der Waals surface area (Å²) in [5.41, 5.74) is 2.05. The largest absolute Gasteiger partial charge is 0.465 e. The van der Waals surface area contributed by atoms with Gasteiger partial charge >= 0.3 is 5.97 Å². The summed E-state index contributed by atoms with van der Waals surface area (Å²) in [5, 5.41) is 2.85. The lowest BCUT2D eigenvalue weighted by atomic mass is 10.1. The quantitative estimate of drug-likeness (QED) is 0.881. The van der Waals surface area contributed by atoms with E-state index in [4.69, 9.17) is 4.74 Å². The van der Waals surface area contributed by atoms with Gasteiger partial charge in [0.05, 0.1) is 18.4 Å². The lowest BCUT2D eigenvalue weighted by Gasteiger charge is -2.09. The van der Waals surface area contributed by atoms with Gasteiger partial charge in [0.2, 0.25) is 5.91 Å². The molecule has 0 bridgehead atoms. The number of rotatable bonds is 4. The first-order chi connectivity index (χ1) is 10.7. The van der Waals surface area contributed by atoms with Crippen LogP contribution in [0.1, 0.15) is 28.3 Å². The summed E-state index contributed by atoms with van der Waals surface area (Å²) in [6, 6.07) is 16.9. The van der Waals surface area contributed by atoms with Crippen molar-refractivity contribution in [3.05, 3.63) is 65.7 Å². The number of para-hydroxylation sites is 1. The van der Waals surface area contributed by atoms with Gasteiger partial charge in [-0.1, -0.05) is 42.5 Å². The van der Waals surface area contributed by atoms with Crippen molar-refractivity contribution in [1.29, 1.82) is 0 Å². The first kappa shape index (κ1) is 14.3. The third-order valence-corrected chi connectivity index (χ3v) is 3.95. The van der Waals surface area contributed by atoms with Crippen LogP contribution >= 0.6 is 0 Å². The van der Waals surface area contributed by atoms with E-state index < -0.39 is 5.97 Å². The van der Waals surface area contributed by atoms with Gasteiger partial charge in [0.25, 0.3) is 0 Å². The van der Waals surface area contributed by atoms with Crippen LogP contribution in [0, 0.1) is 5.92 Å². The van der Waals surface area contributed by atoms with E-state index in [1.54, 1.807) is 24.3 Å². The molecule has 0 saturated heterocycles. The number of nitrogens with one attached hydrogen (secondary N) is 1. The Kier molecular flexibility index (Phi) is 3.92. The van der Waals surface area contributed by atoms with Crippen LogP contribution < -0.4 is 5.32 Å². The van der Waals surface area contributed by atoms with Crippen molar-refractivity contribution in [2.24, 2.45) is 5.92 Å². The Morgan fingerprint density at radius 3 is 2.45 bits per heavy atom. The van der Waals surface area contributed by atoms with Gasteiger partial charge in [-0.2, -0.15) is 0 Å². The molecule has 1 amide bonds. The molecule has 2 aromatic carbocycles. The Morgan fingerprint density at radius 2 is 1.73 bits per heavy atom. The number of anilines is 1. The van der Waals surface area contributed by atoms with Crippen molar-refractivity contribution < 1.29 is 14.3 Å². The van der Waals surface area contributed by atoms with Crippen molar-refractivity contribution in [1.82, 2.24) is 0 Å². The van der Waals surface area contributed by atoms with Gasteiger partial charge in [-0.05, 0) is 30.0 Å². The highest BCUT2D eigenvalue weighted by molar-refractivity contribution is 6.02. The molecule has 4 heteroatoms. The Balaban J connectivity index is 1.70. The van der Waals surface area contributed by atoms with Crippen molar-refractivity contribution in [3.8, 4) is 0 Å². The molecule has 3 rings (SSSR count). The van der Waals surface area contributed by atoms with Crippen molar-refractivity contribution >= 4 is 17.6 Å². The fraction of sp³-hybridized carbons (Fsp3) is 0.222. The predicted molar refractivity (Wildman–Crippen MR) is 83.7 cm³/mol. The maximum atomic E-state index is 12.4. The van der Waals surface area contributed by atoms with E-state index >= 15 is 0 Å². The number of carbonyl (C=O) groups excluding carboxylic acids is 2. The second-order valence-corrected chi connectivity index (χ2v) is 5.39. The monoisotopic (exact) mass is 295 g/mol. The summed E-state index contributed by atoms with van der Waals surface area (Å²) in [4.78, 5) is 24.1. The van der Waals surface area contributed by atoms with Gasteiger partial charge < -0.3 is 10.1 Å². The molecule has 4 nitrogen and oxygen atoms in total. The molecule has 1 fully saturated rings. The SMILES string of the molecule is COC(=O)c1ccccc1NC(=O)C1CC1c1ccccc1. The molecule has 0 aromatic heterocycles. The Bertz CT molecular complexity index is 696. The van der Waals surface area contributed by atoms with Crippen LogP contribution in [0.3, 0.4) is 0 Å². The summed E-state index contributed by atoms with van der Waals surface area (Å²) in [6.07, 6.45) is 0.843. The summed E-state index contributed by atoms with van der Waals surface area (Å²) in [5.74, 6) is -0.267. The maximum absolute atomic E-state index is 12.4. The lowest BCUT2D eigenvalue weighted by molar-refractivity contribution is -0.117. The lowest BCUT2D eigenvalue weighted by Crippen LogP contribution is -2.17. The molecule has 1 aliphatic carbocycles. The number of methoxy groups -OCH3 is 1. The van der Waals surface area contributed by atoms with Crippen LogP contribution in [0.5, 0.6) is 0 Å². The second-order valence-electron chi connectivity index (χ2n) is 5.39. The van der Waals surface area contributed by atoms with E-state index in [0.717, 1.165) is 6.42 Å². The average Bonchev–Trinajstić information content (AvgIpc) is 3.36. The third-order valence-electron chi connectivity index (χ3n) is 3.95. The van der Waals surface area contributed by atoms with Crippen LogP contribution in [0.4, 0.5) is 5.69 Å². The number of hydrogen-bond acceptors (Lipinski definition) is 3. The first-order valence-corrected chi connectivity index (χ1v) is 7.24. The zero-order valence-electron chi connectivity index (χ0n) is 12.3. The molecule has 2 atom stereocenters. The van der Waals surface area contributed by atoms with E-state index in [2.05, 4.69) is 5.32 Å². The number of amides is 1. The van der Waals surface area contributed by atoms with Crippen molar-refractivity contribution in [2.45, 2.75) is 12.3 Å². The van der Waals surface area contributed by atoms with E-state index in [-0.39, 0.29) is 17.7 Å². The Labute approximate surface area is 129 Å². The van der Waals surface area contributed by atoms with Crippen molar-refractivity contribution in [2.75, 3.05) is 12.4 Å². The van der Waals surface area contributed by atoms with Crippen LogP contribution in [-0.2, 0) is 9.53 Å². The topological polar surface area (TPSA) is 55.4 Å². The van der Waals surface area contributed by atoms with Gasteiger partial charge in [0.15, 0.2) is 0 Å². The molecule has 1 aliphatic rings. The molecule has 112 valence electrons. The molecule has 1 saturated carbocycles. The molecule has 2 unspecified atom stereocenters. The standard InChI is InChI=1S/C18H17NO3/c1-22-18(21)13-9-5-6-10-16(13)19-17(20)15-11-14(15)12-7-3-2-4-8-12/h2-10,14-15H,11H2,1H3,(H,19,20). The zero-order chi connectivity index (χ0) is 15.5. The van der Waals surface area contributed by atoms with Gasteiger partial charge in [0, 0.05) is 5.92 Å². The van der Waals surface area contributed by atoms with Crippen molar-refractivity contribution in [3.63, 3.8) is 0 Å². The summed E-state index contributed by atoms with van der Waals surface area (Å²) >= 11 is 0. The Hall–Kier alpha value is -2.62. The Morgan fingerprint density at radius 1 is 1.05 bits per heavy atom. The molecule has 0 radical (unpaired) electrons. The van der Waals surface area contributed by atoms with E-state index in [1.165, 1.54) is 12.7 Å². The summed E-state index contributed by atoms with van der Waals surface area (Å²) in [6.45, 7) is 0. The van der Waals surface area contributed by atoms with Crippen LogP contribution in [-0.4, -0.2) is 19.0 Å². The molecule has 22 heavy (non-hydrogen) atoms. The predicted octanol–water partition coefficient (Wildman–Crippen LogP) is 3.22. The highest BCUT2D eigenvalue weighted by Crippen LogP contribution is 2.47. The number of ether oxygens (including phenoxy) is 1. The normalized spacial score (nSPS) is 19.3. The molecule has 1 N–H and O–H groups in total. The van der Waals surface area contributed by atoms with Gasteiger partial charge in [0.1, 0.15) is 0 Å². The maximum Gasteiger partial charge on any atom is 0.339 e. The second kappa shape index (κ2) is 6.02. The smallest absolute Gasteiger partial charge is 0.339 e. The molecular weight excluding hydrogens is 278 g/mol. The van der Waals surface area contributed by atoms with E-state index in [0.29, 0.717) is 11.3 Å². The molecular formula is C18H17NO3. The number of carbonyl (C=O) groups is 2. The first-order valence-electron chi connectivity index (χ1n) is 7.24. The van der Waals surface area contributed by atoms with Crippen LogP contribution in [0.25, 0.3) is 0 Å². The fourth-order valence-electron chi connectivity index (χ4n) is 2.66. The van der Waals surface area contributed by atoms with Gasteiger partial charge in [-0.15, -0.1) is 0 Å². The van der Waals surface area contributed by atoms with E-state index in [1.807, 2.05) is 30.3 Å². The summed E-state index contributed by atoms with van der Waals surface area (Å²) in [7, 11) is 1.33. The number of benzene rings is 2. The minimum atomic E-state index is -0.452. The fourth-order valence-corrected chi connectivity index (χ4v) is 2.66. The van der Waals surface area contributed by atoms with Crippen LogP contribution in [0.15, 0.2) is 54.6 Å². The molecule has 2 aromatic rings. The minimum Gasteiger partial charge on any atom is -0.465 e. The summed E-state index contributed by atoms with van der Waals surface area (Å²) < 4.78 is 4.73. The molecule has 0 spiro atoms. The number of esters is 1. The third kappa shape index (κ3) is 2.86. The molecule has 0 aliphatic heterocycles. The minimum absolute atomic E-state index is 0.0342. The average molecular weight is 295 g/mol. The number of hydrogen-bond donors (Lipinski definition) is 1. The molecule has 0 heterocycles. The van der Waals surface area contributed by atoms with Gasteiger partial charge in [-0.3, -0.25) is 4.79 Å². The van der Waals surface area contributed by atoms with Crippen LogP contribution in [0.2, 0.25) is 0 Å². The van der Waals surface area contributed by atoms with Gasteiger partial charge in [-0.25, -0.2) is 4.79 Å². The highest BCUT2D eigenvalue weighted by Gasteiger charge is 2.44. The zero-order valence-corrected chi connectivity index (χ0v) is 12.3. The highest BCUT2D eigenvalue weighted by atomic mass is 16.5.